The van der Waals surface area contributed by atoms with E-state index in [1.807, 2.05) is 0 Å². The van der Waals surface area contributed by atoms with Crippen molar-refractivity contribution < 1.29 is 146 Å². The number of carbonyl (C=O) groups is 23. The minimum atomic E-state index is -2.12. The number of carboxylic acid groups (broad SMARTS) is 6. The van der Waals surface area contributed by atoms with Gasteiger partial charge in [0.1, 0.15) is 84.3 Å². The van der Waals surface area contributed by atoms with Crippen molar-refractivity contribution in [1.29, 1.82) is 0 Å². The van der Waals surface area contributed by atoms with Crippen molar-refractivity contribution in [1.82, 2.24) is 74.0 Å². The van der Waals surface area contributed by atoms with Crippen LogP contribution >= 0.6 is 0 Å². The van der Waals surface area contributed by atoms with Gasteiger partial charge in [0, 0.05) is 52.0 Å². The summed E-state index contributed by atoms with van der Waals surface area (Å²) in [5.74, 6) is -30.4. The summed E-state index contributed by atoms with van der Waals surface area (Å²) >= 11 is 0. The van der Waals surface area contributed by atoms with E-state index in [9.17, 15) is 141 Å². The average molecular weight is 1660 g/mol. The smallest absolute Gasteiger partial charge is 0.326 e. The van der Waals surface area contributed by atoms with E-state index in [2.05, 4.69) is 69.1 Å². The van der Waals surface area contributed by atoms with Crippen LogP contribution in [-0.2, 0) is 117 Å². The van der Waals surface area contributed by atoms with Crippen LogP contribution in [0.1, 0.15) is 156 Å². The van der Waals surface area contributed by atoms with Crippen LogP contribution in [0.5, 0.6) is 5.75 Å². The Morgan fingerprint density at radius 1 is 0.393 bits per heavy atom. The summed E-state index contributed by atoms with van der Waals surface area (Å²) in [4.78, 5) is 301. The molecule has 1 fully saturated rings. The van der Waals surface area contributed by atoms with Gasteiger partial charge in [-0.3, -0.25) is 105 Å². The number of carbonyl (C=O) groups excluding carboxylic acids is 17. The molecule has 1 aromatic carbocycles. The molecule has 17 amide bonds. The number of aromatic hydroxyl groups is 1. The van der Waals surface area contributed by atoms with Crippen LogP contribution in [0, 0.1) is 11.8 Å². The second-order valence-corrected chi connectivity index (χ2v) is 28.2. The third-order valence-corrected chi connectivity index (χ3v) is 17.3. The number of phenols is 1. The molecule has 1 saturated heterocycles. The van der Waals surface area contributed by atoms with Crippen LogP contribution in [0.25, 0.3) is 0 Å². The number of carboxylic acids is 6. The molecule has 0 aromatic heterocycles. The molecule has 0 saturated carbocycles. The molecule has 0 radical (unpaired) electrons. The molecule has 47 nitrogen and oxygen atoms in total. The first kappa shape index (κ1) is 99.9. The van der Waals surface area contributed by atoms with Crippen LogP contribution in [0.4, 0.5) is 0 Å². The number of nitrogens with two attached hydrogens (primary N) is 3. The number of likely N-dealkylation sites (tertiary alicyclic amines) is 1. The summed E-state index contributed by atoms with van der Waals surface area (Å²) in [5, 5.41) is 96.6. The van der Waals surface area contributed by atoms with Crippen LogP contribution in [0.2, 0.25) is 0 Å². The second-order valence-electron chi connectivity index (χ2n) is 28.2. The van der Waals surface area contributed by atoms with E-state index in [4.69, 9.17) is 22.3 Å². The summed E-state index contributed by atoms with van der Waals surface area (Å²) in [5.41, 5.74) is 16.2. The van der Waals surface area contributed by atoms with E-state index in [1.54, 1.807) is 27.7 Å². The Morgan fingerprint density at radius 2 is 0.735 bits per heavy atom. The van der Waals surface area contributed by atoms with Gasteiger partial charge in [0.2, 0.25) is 100 Å². The minimum Gasteiger partial charge on any atom is -0.508 e. The third kappa shape index (κ3) is 38.5. The highest BCUT2D eigenvalue weighted by Crippen LogP contribution is 2.21. The summed E-state index contributed by atoms with van der Waals surface area (Å²) in [6.07, 6.45) is -11.2. The van der Waals surface area contributed by atoms with Crippen molar-refractivity contribution in [2.24, 2.45) is 29.0 Å². The molecule has 1 aliphatic heterocycles. The van der Waals surface area contributed by atoms with Crippen LogP contribution < -0.4 is 86.3 Å². The molecule has 0 spiro atoms. The Balaban J connectivity index is 2.52. The highest BCUT2D eigenvalue weighted by atomic mass is 16.4. The lowest BCUT2D eigenvalue weighted by atomic mass is 10.0. The fourth-order valence-electron chi connectivity index (χ4n) is 11.5. The van der Waals surface area contributed by atoms with Gasteiger partial charge in [-0.25, -0.2) is 4.79 Å². The zero-order valence-electron chi connectivity index (χ0n) is 64.8. The average Bonchev–Trinajstić information content (AvgIpc) is 1.71. The van der Waals surface area contributed by atoms with Gasteiger partial charge in [0.05, 0.1) is 25.8 Å². The lowest BCUT2D eigenvalue weighted by Gasteiger charge is -2.29. The van der Waals surface area contributed by atoms with E-state index < -0.39 is 323 Å². The number of hydrogen-bond donors (Lipinski definition) is 23. The second kappa shape index (κ2) is 49.5. The first-order chi connectivity index (χ1) is 54.6. The first-order valence-electron chi connectivity index (χ1n) is 36.7. The largest absolute Gasteiger partial charge is 0.508 e. The van der Waals surface area contributed by atoms with Crippen molar-refractivity contribution in [3.63, 3.8) is 0 Å². The molecule has 2 rings (SSSR count). The SMILES string of the molecule is CC(=O)N[C@@H](CCC(=O)O)C(=O)N[C@@H](CCC(=O)O)C(=O)NCC(=O)N[C@@H](C)C(=O)N1CCC[C@H]1C(=O)N[C@@H](CC(=O)O)C(=O)N[C@@H](Cc1ccc(O)cc1)C(=O)N[C@@H](CCC(=O)O)C(=O)N[C@@H](CC(N)=O)C(=O)N[C@@H](CC(C)C)C(=O)N[C@@H](CCC(N)=O)C(=O)N[C@@H](CCC(=O)O)C(=O)N[C@@H](CC(C)C)C(=O)N[C@@H](CC(N)=O)C(=O)O. The highest BCUT2D eigenvalue weighted by Gasteiger charge is 2.41. The number of nitrogens with zero attached hydrogens (tertiary/aromatic N) is 1. The van der Waals surface area contributed by atoms with Crippen LogP contribution in [0.15, 0.2) is 24.3 Å². The normalized spacial score (nSPS) is 15.3. The number of primary amides is 3. The van der Waals surface area contributed by atoms with Gasteiger partial charge < -0.3 is 127 Å². The topological polar surface area (TPSA) is 772 Å². The highest BCUT2D eigenvalue weighted by molar-refractivity contribution is 6.02. The zero-order valence-corrected chi connectivity index (χ0v) is 64.8. The van der Waals surface area contributed by atoms with Crippen molar-refractivity contribution in [3.8, 4) is 5.75 Å². The molecule has 0 unspecified atom stereocenters. The van der Waals surface area contributed by atoms with Gasteiger partial charge in [0.15, 0.2) is 0 Å². The number of hydrogen-bond acceptors (Lipinski definition) is 24. The van der Waals surface area contributed by atoms with Crippen molar-refractivity contribution in [2.45, 2.75) is 236 Å². The van der Waals surface area contributed by atoms with Gasteiger partial charge in [-0.05, 0) is 94.2 Å². The number of benzene rings is 1. The monoisotopic (exact) mass is 1660 g/mol. The summed E-state index contributed by atoms with van der Waals surface area (Å²) < 4.78 is 0. The number of nitrogens with one attached hydrogen (secondary N) is 13. The lowest BCUT2D eigenvalue weighted by molar-refractivity contribution is -0.144. The van der Waals surface area contributed by atoms with Gasteiger partial charge in [-0.2, -0.15) is 0 Å². The molecule has 26 N–H and O–H groups in total. The van der Waals surface area contributed by atoms with Crippen molar-refractivity contribution >= 4 is 136 Å². The molecule has 47 heteroatoms. The predicted molar refractivity (Wildman–Crippen MR) is 396 cm³/mol. The van der Waals surface area contributed by atoms with Gasteiger partial charge in [-0.15, -0.1) is 0 Å². The van der Waals surface area contributed by atoms with E-state index in [1.165, 1.54) is 19.1 Å². The third-order valence-electron chi connectivity index (χ3n) is 17.3. The van der Waals surface area contributed by atoms with Crippen molar-refractivity contribution in [2.75, 3.05) is 13.1 Å². The standard InChI is InChI=1S/C70H103N17O30/c1-31(2)24-42(63(109)79-39(13-18-49(71)90)60(106)78-40(16-21-55(98)99)61(107)81-43(25-32(3)4)64(110)86-47(70(116)117)28-51(73)92)82-66(112)45(27-50(72)91)84-62(108)41(17-22-56(100)101)80-65(111)44(26-35-9-11-36(89)12-10-35)83-67(113)46(29-57(102)103)85-68(114)48-8-7-23-87(48)69(115)33(5)75-52(93)30-74-58(104)37(14-19-53(94)95)77-59(105)38(76-34(6)88)15-20-54(96)97/h9-12,31-33,37-48,89H,7-8,13-30H2,1-6H3,(H2,71,90)(H2,72,91)(H2,73,92)(H,74,104)(H,75,93)(H,76,88)(H,77,105)(H,78,106)(H,79,109)(H,80,111)(H,81,107)(H,82,112)(H,83,113)(H,84,108)(H,85,114)(H,86,110)(H,94,95)(H,96,97)(H,98,99)(H,100,101)(H,102,103)(H,116,117)/t33-,37-,38-,39-,40-,41-,42-,43-,44-,45-,46-,47-,48-/m0/s1. The van der Waals surface area contributed by atoms with Gasteiger partial charge >= 0.3 is 35.8 Å². The Kier molecular flexibility index (Phi) is 42.2. The Bertz CT molecular complexity index is 3840. The van der Waals surface area contributed by atoms with E-state index in [-0.39, 0.29) is 43.5 Å². The molecule has 648 valence electrons. The molecule has 13 atom stereocenters. The number of phenolic OH excluding ortho intramolecular Hbond substituents is 1. The summed E-state index contributed by atoms with van der Waals surface area (Å²) in [6.45, 7) is 7.43. The maximum Gasteiger partial charge on any atom is 0.326 e. The Labute approximate surface area is 667 Å². The molecule has 1 aliphatic rings. The summed E-state index contributed by atoms with van der Waals surface area (Å²) in [7, 11) is 0. The molecule has 1 aromatic rings. The zero-order chi connectivity index (χ0) is 88.8. The maximum atomic E-state index is 14.6. The van der Waals surface area contributed by atoms with E-state index in [0.29, 0.717) is 0 Å². The fourth-order valence-corrected chi connectivity index (χ4v) is 11.5. The van der Waals surface area contributed by atoms with Crippen molar-refractivity contribution in [3.05, 3.63) is 29.8 Å². The fraction of sp³-hybridized carbons (Fsp3) is 0.586. The molecular formula is C70H103N17O30. The maximum absolute atomic E-state index is 14.6. The lowest BCUT2D eigenvalue weighted by Crippen LogP contribution is -2.61. The summed E-state index contributed by atoms with van der Waals surface area (Å²) in [6, 6.07) is -18.5. The molecule has 0 aliphatic carbocycles. The molecule has 117 heavy (non-hydrogen) atoms. The minimum absolute atomic E-state index is 0.115. The first-order valence-corrected chi connectivity index (χ1v) is 36.7. The molecule has 0 bridgehead atoms. The van der Waals surface area contributed by atoms with E-state index >= 15 is 0 Å². The Hall–Kier alpha value is -13.2. The predicted octanol–water partition coefficient (Wildman–Crippen LogP) is -7.97. The van der Waals surface area contributed by atoms with E-state index in [0.717, 1.165) is 24.0 Å². The van der Waals surface area contributed by atoms with Gasteiger partial charge in [-0.1, -0.05) is 39.8 Å². The van der Waals surface area contributed by atoms with Gasteiger partial charge in [0.25, 0.3) is 0 Å². The Morgan fingerprint density at radius 3 is 1.12 bits per heavy atom. The van der Waals surface area contributed by atoms with Crippen LogP contribution in [0.3, 0.4) is 0 Å². The molecule has 1 heterocycles. The molecular weight excluding hydrogens is 1560 g/mol. The number of aliphatic carboxylic acids is 6. The number of rotatable bonds is 54. The quantitative estimate of drug-likeness (QED) is 0.0288. The number of amides is 17. The van der Waals surface area contributed by atoms with Crippen LogP contribution in [-0.4, -0.2) is 269 Å².